The molecule has 2 N–H and O–H groups in total. The summed E-state index contributed by atoms with van der Waals surface area (Å²) < 4.78 is 1.12. The van der Waals surface area contributed by atoms with E-state index >= 15 is 0 Å². The lowest BCUT2D eigenvalue weighted by Crippen LogP contribution is -2.29. The van der Waals surface area contributed by atoms with Crippen LogP contribution in [0, 0.1) is 0 Å². The maximum atomic E-state index is 12.0. The molecule has 3 rings (SSSR count). The van der Waals surface area contributed by atoms with Gasteiger partial charge in [0, 0.05) is 13.1 Å². The van der Waals surface area contributed by atoms with Crippen molar-refractivity contribution in [2.45, 2.75) is 0 Å². The van der Waals surface area contributed by atoms with Gasteiger partial charge in [0.15, 0.2) is 5.13 Å². The van der Waals surface area contributed by atoms with Crippen LogP contribution in [0.5, 0.6) is 0 Å². The van der Waals surface area contributed by atoms with E-state index in [1.807, 2.05) is 24.3 Å². The van der Waals surface area contributed by atoms with Gasteiger partial charge in [0.05, 0.1) is 15.2 Å². The second-order valence-corrected chi connectivity index (χ2v) is 6.46. The molecule has 118 valence electrons. The predicted octanol–water partition coefficient (Wildman–Crippen LogP) is 3.84. The number of fused-ring (bicyclic) bond motifs is 1. The van der Waals surface area contributed by atoms with Gasteiger partial charge in [-0.25, -0.2) is 9.97 Å². The van der Waals surface area contributed by atoms with E-state index in [0.29, 0.717) is 13.1 Å². The van der Waals surface area contributed by atoms with Gasteiger partial charge < -0.3 is 10.6 Å². The fourth-order valence-corrected chi connectivity index (χ4v) is 3.18. The zero-order chi connectivity index (χ0) is 16.2. The Kier molecular flexibility index (Phi) is 4.95. The Balaban J connectivity index is 1.53. The molecule has 0 bridgehead atoms. The molecule has 5 nitrogen and oxygen atoms in total. The summed E-state index contributed by atoms with van der Waals surface area (Å²) in [5.41, 5.74) is 1.08. The van der Waals surface area contributed by atoms with Crippen molar-refractivity contribution < 1.29 is 4.79 Å². The first-order valence-electron chi connectivity index (χ1n) is 6.83. The van der Waals surface area contributed by atoms with Crippen LogP contribution in [0.25, 0.3) is 10.2 Å². The fourth-order valence-electron chi connectivity index (χ4n) is 1.95. The highest BCUT2D eigenvalue weighted by Crippen LogP contribution is 2.24. The van der Waals surface area contributed by atoms with Crippen molar-refractivity contribution >= 4 is 55.8 Å². The van der Waals surface area contributed by atoms with Gasteiger partial charge in [-0.05, 0) is 24.3 Å². The molecule has 0 saturated carbocycles. The lowest BCUT2D eigenvalue weighted by Gasteiger charge is -2.06. The smallest absolute Gasteiger partial charge is 0.271 e. The third kappa shape index (κ3) is 3.90. The number of rotatable bonds is 5. The summed E-state index contributed by atoms with van der Waals surface area (Å²) in [5, 5.41) is 7.24. The molecule has 1 amide bonds. The number of carbonyl (C=O) groups excluding carboxylic acids is 1. The Labute approximate surface area is 146 Å². The van der Waals surface area contributed by atoms with Crippen molar-refractivity contribution in [2.75, 3.05) is 18.4 Å². The van der Waals surface area contributed by atoms with Gasteiger partial charge in [0.1, 0.15) is 10.8 Å². The summed E-state index contributed by atoms with van der Waals surface area (Å²) in [6.45, 7) is 0.961. The minimum atomic E-state index is -0.358. The molecule has 8 heteroatoms. The van der Waals surface area contributed by atoms with E-state index in [4.69, 9.17) is 23.2 Å². The normalized spacial score (nSPS) is 10.7. The quantitative estimate of drug-likeness (QED) is 0.531. The molecule has 1 aromatic carbocycles. The largest absolute Gasteiger partial charge is 0.360 e. The second-order valence-electron chi connectivity index (χ2n) is 4.63. The first-order chi connectivity index (χ1) is 11.1. The van der Waals surface area contributed by atoms with Crippen LogP contribution in [0.15, 0.2) is 36.4 Å². The summed E-state index contributed by atoms with van der Waals surface area (Å²) in [7, 11) is 0. The molecule has 0 radical (unpaired) electrons. The first kappa shape index (κ1) is 16.0. The Morgan fingerprint density at radius 1 is 1.09 bits per heavy atom. The third-order valence-corrected chi connectivity index (χ3v) is 4.52. The average molecular weight is 367 g/mol. The van der Waals surface area contributed by atoms with Crippen LogP contribution in [0.1, 0.15) is 10.5 Å². The van der Waals surface area contributed by atoms with E-state index in [9.17, 15) is 4.79 Å². The molecule has 0 aliphatic rings. The van der Waals surface area contributed by atoms with E-state index in [-0.39, 0.29) is 21.8 Å². The SMILES string of the molecule is O=C(NCCNc1nc2ccccc2s1)c1nc(Cl)ccc1Cl. The Morgan fingerprint density at radius 3 is 2.74 bits per heavy atom. The fraction of sp³-hybridized carbons (Fsp3) is 0.133. The molecule has 0 unspecified atom stereocenters. The zero-order valence-corrected chi connectivity index (χ0v) is 14.2. The Bertz CT molecular complexity index is 819. The number of aromatic nitrogens is 2. The van der Waals surface area contributed by atoms with Gasteiger partial charge in [-0.15, -0.1) is 0 Å². The van der Waals surface area contributed by atoms with Crippen LogP contribution in [-0.2, 0) is 0 Å². The zero-order valence-electron chi connectivity index (χ0n) is 11.8. The number of hydrogen-bond acceptors (Lipinski definition) is 5. The number of benzene rings is 1. The van der Waals surface area contributed by atoms with Gasteiger partial charge in [0.25, 0.3) is 5.91 Å². The maximum absolute atomic E-state index is 12.0. The van der Waals surface area contributed by atoms with Gasteiger partial charge in [-0.3, -0.25) is 4.79 Å². The number of nitrogens with one attached hydrogen (secondary N) is 2. The van der Waals surface area contributed by atoms with Gasteiger partial charge >= 0.3 is 0 Å². The highest BCUT2D eigenvalue weighted by molar-refractivity contribution is 7.22. The first-order valence-corrected chi connectivity index (χ1v) is 8.40. The van der Waals surface area contributed by atoms with Gasteiger partial charge in [0.2, 0.25) is 0 Å². The summed E-state index contributed by atoms with van der Waals surface area (Å²) in [4.78, 5) is 20.4. The molecular formula is C15H12Cl2N4OS. The van der Waals surface area contributed by atoms with Crippen molar-refractivity contribution in [3.63, 3.8) is 0 Å². The molecule has 2 heterocycles. The minimum absolute atomic E-state index is 0.124. The summed E-state index contributed by atoms with van der Waals surface area (Å²) in [5.74, 6) is -0.358. The Hall–Kier alpha value is -1.89. The standard InChI is InChI=1S/C15H12Cl2N4OS/c16-9-5-6-12(17)21-13(9)14(22)18-7-8-19-15-20-10-3-1-2-4-11(10)23-15/h1-6H,7-8H2,(H,18,22)(H,19,20). The van der Waals surface area contributed by atoms with Crippen molar-refractivity contribution in [2.24, 2.45) is 0 Å². The third-order valence-electron chi connectivity index (χ3n) is 3.01. The number of para-hydroxylation sites is 1. The van der Waals surface area contributed by atoms with Crippen LogP contribution in [0.3, 0.4) is 0 Å². The van der Waals surface area contributed by atoms with Crippen LogP contribution in [0.4, 0.5) is 5.13 Å². The van der Waals surface area contributed by atoms with E-state index in [0.717, 1.165) is 15.3 Å². The summed E-state index contributed by atoms with van der Waals surface area (Å²) in [6.07, 6.45) is 0. The molecule has 3 aromatic rings. The molecule has 0 aliphatic carbocycles. The van der Waals surface area contributed by atoms with Crippen LogP contribution in [0.2, 0.25) is 10.2 Å². The monoisotopic (exact) mass is 366 g/mol. The molecule has 0 aliphatic heterocycles. The van der Waals surface area contributed by atoms with E-state index in [1.54, 1.807) is 17.4 Å². The number of carbonyl (C=O) groups is 1. The molecular weight excluding hydrogens is 355 g/mol. The molecule has 0 atom stereocenters. The summed E-state index contributed by atoms with van der Waals surface area (Å²) in [6, 6.07) is 11.0. The lowest BCUT2D eigenvalue weighted by atomic mass is 10.3. The number of hydrogen-bond donors (Lipinski definition) is 2. The Morgan fingerprint density at radius 2 is 1.91 bits per heavy atom. The number of amides is 1. The minimum Gasteiger partial charge on any atom is -0.360 e. The summed E-state index contributed by atoms with van der Waals surface area (Å²) >= 11 is 13.3. The highest BCUT2D eigenvalue weighted by Gasteiger charge is 2.12. The predicted molar refractivity (Wildman–Crippen MR) is 94.7 cm³/mol. The number of anilines is 1. The van der Waals surface area contributed by atoms with E-state index < -0.39 is 0 Å². The molecule has 0 saturated heterocycles. The van der Waals surface area contributed by atoms with Crippen LogP contribution >= 0.6 is 34.5 Å². The topological polar surface area (TPSA) is 66.9 Å². The number of pyridine rings is 1. The molecule has 23 heavy (non-hydrogen) atoms. The van der Waals surface area contributed by atoms with E-state index in [2.05, 4.69) is 20.6 Å². The lowest BCUT2D eigenvalue weighted by molar-refractivity contribution is 0.0950. The van der Waals surface area contributed by atoms with Crippen LogP contribution < -0.4 is 10.6 Å². The van der Waals surface area contributed by atoms with Crippen molar-refractivity contribution in [1.82, 2.24) is 15.3 Å². The van der Waals surface area contributed by atoms with Crippen LogP contribution in [-0.4, -0.2) is 29.0 Å². The van der Waals surface area contributed by atoms with Crippen molar-refractivity contribution in [1.29, 1.82) is 0 Å². The van der Waals surface area contributed by atoms with Gasteiger partial charge in [-0.1, -0.05) is 46.7 Å². The maximum Gasteiger partial charge on any atom is 0.271 e. The molecule has 2 aromatic heterocycles. The highest BCUT2D eigenvalue weighted by atomic mass is 35.5. The molecule has 0 spiro atoms. The molecule has 0 fully saturated rings. The average Bonchev–Trinajstić information content (AvgIpc) is 2.96. The van der Waals surface area contributed by atoms with Gasteiger partial charge in [-0.2, -0.15) is 0 Å². The number of nitrogens with zero attached hydrogens (tertiary/aromatic N) is 2. The van der Waals surface area contributed by atoms with Crippen molar-refractivity contribution in [3.05, 3.63) is 52.3 Å². The number of thiazole rings is 1. The number of halogens is 2. The van der Waals surface area contributed by atoms with Crippen molar-refractivity contribution in [3.8, 4) is 0 Å². The second kappa shape index (κ2) is 7.12. The van der Waals surface area contributed by atoms with E-state index in [1.165, 1.54) is 6.07 Å².